The Kier molecular flexibility index (Phi) is 3.03. The van der Waals surface area contributed by atoms with Crippen molar-refractivity contribution in [2.75, 3.05) is 0 Å². The third-order valence-corrected chi connectivity index (χ3v) is 3.19. The highest BCUT2D eigenvalue weighted by Gasteiger charge is 2.02. The number of aromatic hydroxyl groups is 1. The van der Waals surface area contributed by atoms with Crippen molar-refractivity contribution in [3.05, 3.63) is 77.9 Å². The zero-order valence-electron chi connectivity index (χ0n) is 10.5. The molecular weight excluding hydrogens is 232 g/mol. The molecule has 0 heterocycles. The molecule has 92 valence electrons. The van der Waals surface area contributed by atoms with Crippen molar-refractivity contribution in [3.63, 3.8) is 0 Å². The van der Waals surface area contributed by atoms with Crippen LogP contribution in [0, 0.1) is 0 Å². The molecule has 0 bridgehead atoms. The van der Waals surface area contributed by atoms with E-state index in [2.05, 4.69) is 0 Å². The lowest BCUT2D eigenvalue weighted by Gasteiger charge is -2.04. The second-order valence-corrected chi connectivity index (χ2v) is 4.47. The summed E-state index contributed by atoms with van der Waals surface area (Å²) in [6.45, 7) is 0. The Morgan fingerprint density at radius 2 is 1.42 bits per heavy atom. The quantitative estimate of drug-likeness (QED) is 0.649. The smallest absolute Gasteiger partial charge is 0.130 e. The van der Waals surface area contributed by atoms with Crippen LogP contribution in [0.1, 0.15) is 11.1 Å². The van der Waals surface area contributed by atoms with E-state index < -0.39 is 0 Å². The molecule has 3 aromatic carbocycles. The van der Waals surface area contributed by atoms with Crippen LogP contribution >= 0.6 is 0 Å². The van der Waals surface area contributed by atoms with Crippen LogP contribution in [0.3, 0.4) is 0 Å². The maximum atomic E-state index is 10.3. The number of rotatable bonds is 2. The molecule has 0 radical (unpaired) electrons. The van der Waals surface area contributed by atoms with Gasteiger partial charge >= 0.3 is 0 Å². The van der Waals surface area contributed by atoms with Crippen molar-refractivity contribution >= 4 is 22.9 Å². The van der Waals surface area contributed by atoms with E-state index in [0.29, 0.717) is 5.75 Å². The van der Waals surface area contributed by atoms with Gasteiger partial charge in [0.25, 0.3) is 0 Å². The molecule has 0 saturated carbocycles. The molecular formula is C18H14O. The first-order valence-electron chi connectivity index (χ1n) is 6.28. The Hall–Kier alpha value is -2.54. The van der Waals surface area contributed by atoms with Crippen molar-refractivity contribution in [2.45, 2.75) is 0 Å². The van der Waals surface area contributed by atoms with Gasteiger partial charge in [0.15, 0.2) is 0 Å². The Bertz CT molecular complexity index is 727. The highest BCUT2D eigenvalue weighted by Crippen LogP contribution is 2.29. The molecule has 0 unspecified atom stereocenters. The minimum absolute atomic E-state index is 0.338. The van der Waals surface area contributed by atoms with Crippen LogP contribution in [0.5, 0.6) is 5.75 Å². The monoisotopic (exact) mass is 246 g/mol. The molecule has 19 heavy (non-hydrogen) atoms. The summed E-state index contributed by atoms with van der Waals surface area (Å²) in [6, 6.07) is 21.9. The lowest BCUT2D eigenvalue weighted by Crippen LogP contribution is -1.79. The fourth-order valence-electron chi connectivity index (χ4n) is 2.16. The molecule has 0 spiro atoms. The predicted molar refractivity (Wildman–Crippen MR) is 81.0 cm³/mol. The number of benzene rings is 3. The lowest BCUT2D eigenvalue weighted by molar-refractivity contribution is 0.480. The minimum atomic E-state index is 0.338. The van der Waals surface area contributed by atoms with E-state index >= 15 is 0 Å². The molecule has 3 rings (SSSR count). The maximum Gasteiger partial charge on any atom is 0.130 e. The predicted octanol–water partition coefficient (Wildman–Crippen LogP) is 4.72. The zero-order chi connectivity index (χ0) is 13.1. The second-order valence-electron chi connectivity index (χ2n) is 4.47. The van der Waals surface area contributed by atoms with Crippen LogP contribution < -0.4 is 0 Å². The molecule has 0 saturated heterocycles. The molecule has 1 N–H and O–H groups in total. The van der Waals surface area contributed by atoms with Gasteiger partial charge in [-0.05, 0) is 10.9 Å². The van der Waals surface area contributed by atoms with Crippen LogP contribution in [0.2, 0.25) is 0 Å². The van der Waals surface area contributed by atoms with Gasteiger partial charge < -0.3 is 5.11 Å². The Morgan fingerprint density at radius 1 is 0.684 bits per heavy atom. The number of phenolic OH excluding ortho intramolecular Hbond substituents is 1. The Balaban J connectivity index is 2.02. The fraction of sp³-hybridized carbons (Fsp3) is 0. The number of hydrogen-bond acceptors (Lipinski definition) is 1. The largest absolute Gasteiger partial charge is 0.507 e. The fourth-order valence-corrected chi connectivity index (χ4v) is 2.16. The van der Waals surface area contributed by atoms with Crippen molar-refractivity contribution < 1.29 is 5.11 Å². The van der Waals surface area contributed by atoms with E-state index in [0.717, 1.165) is 21.9 Å². The van der Waals surface area contributed by atoms with Gasteiger partial charge in [0.05, 0.1) is 0 Å². The van der Waals surface area contributed by atoms with Gasteiger partial charge in [-0.3, -0.25) is 0 Å². The highest BCUT2D eigenvalue weighted by molar-refractivity contribution is 5.92. The molecule has 0 fully saturated rings. The third-order valence-electron chi connectivity index (χ3n) is 3.19. The lowest BCUT2D eigenvalue weighted by atomic mass is 10.0. The minimum Gasteiger partial charge on any atom is -0.507 e. The summed E-state index contributed by atoms with van der Waals surface area (Å²) in [6.07, 6.45) is 3.95. The average molecular weight is 246 g/mol. The summed E-state index contributed by atoms with van der Waals surface area (Å²) in [4.78, 5) is 0. The topological polar surface area (TPSA) is 20.2 Å². The van der Waals surface area contributed by atoms with Gasteiger partial charge in [-0.1, -0.05) is 78.9 Å². The molecule has 1 heteroatoms. The van der Waals surface area contributed by atoms with Crippen LogP contribution in [0.25, 0.3) is 22.9 Å². The third kappa shape index (κ3) is 2.36. The van der Waals surface area contributed by atoms with Crippen molar-refractivity contribution in [1.29, 1.82) is 0 Å². The number of hydrogen-bond donors (Lipinski definition) is 1. The van der Waals surface area contributed by atoms with E-state index in [4.69, 9.17) is 0 Å². The Morgan fingerprint density at radius 3 is 2.26 bits per heavy atom. The normalized spacial score (nSPS) is 11.2. The maximum absolute atomic E-state index is 10.3. The van der Waals surface area contributed by atoms with Gasteiger partial charge in [0, 0.05) is 10.9 Å². The summed E-state index contributed by atoms with van der Waals surface area (Å²) in [5.41, 5.74) is 1.96. The SMILES string of the molecule is Oc1c(/C=C/c2ccccc2)ccc2ccccc12. The van der Waals surface area contributed by atoms with Crippen LogP contribution in [-0.4, -0.2) is 5.11 Å². The Labute approximate surface area is 112 Å². The van der Waals surface area contributed by atoms with Crippen molar-refractivity contribution in [3.8, 4) is 5.75 Å². The van der Waals surface area contributed by atoms with Gasteiger partial charge in [-0.15, -0.1) is 0 Å². The van der Waals surface area contributed by atoms with Crippen LogP contribution in [0.4, 0.5) is 0 Å². The molecule has 0 aromatic heterocycles. The van der Waals surface area contributed by atoms with Gasteiger partial charge in [-0.25, -0.2) is 0 Å². The molecule has 0 aliphatic carbocycles. The van der Waals surface area contributed by atoms with Gasteiger partial charge in [-0.2, -0.15) is 0 Å². The zero-order valence-corrected chi connectivity index (χ0v) is 10.5. The first-order valence-corrected chi connectivity index (χ1v) is 6.28. The molecule has 3 aromatic rings. The summed E-state index contributed by atoms with van der Waals surface area (Å²) in [5.74, 6) is 0.338. The van der Waals surface area contributed by atoms with Crippen molar-refractivity contribution in [2.24, 2.45) is 0 Å². The summed E-state index contributed by atoms with van der Waals surface area (Å²) in [5, 5.41) is 12.2. The molecule has 0 atom stereocenters. The van der Waals surface area contributed by atoms with E-state index in [9.17, 15) is 5.11 Å². The van der Waals surface area contributed by atoms with Crippen LogP contribution in [-0.2, 0) is 0 Å². The van der Waals surface area contributed by atoms with E-state index in [1.165, 1.54) is 0 Å². The van der Waals surface area contributed by atoms with Crippen molar-refractivity contribution in [1.82, 2.24) is 0 Å². The van der Waals surface area contributed by atoms with E-state index in [1.54, 1.807) is 0 Å². The first kappa shape index (κ1) is 11.5. The average Bonchev–Trinajstić information content (AvgIpc) is 2.48. The summed E-state index contributed by atoms with van der Waals surface area (Å²) in [7, 11) is 0. The second kappa shape index (κ2) is 4.99. The molecule has 0 amide bonds. The van der Waals surface area contributed by atoms with Crippen LogP contribution in [0.15, 0.2) is 66.7 Å². The van der Waals surface area contributed by atoms with E-state index in [-0.39, 0.29) is 0 Å². The standard InChI is InChI=1S/C18H14O/c19-18-16(11-10-14-6-2-1-3-7-14)13-12-15-8-4-5-9-17(15)18/h1-13,19H/b11-10+. The molecule has 0 aliphatic rings. The molecule has 0 aliphatic heterocycles. The number of phenols is 1. The van der Waals surface area contributed by atoms with Gasteiger partial charge in [0.1, 0.15) is 5.75 Å². The summed E-state index contributed by atoms with van der Waals surface area (Å²) < 4.78 is 0. The number of fused-ring (bicyclic) bond motifs is 1. The molecule has 1 nitrogen and oxygen atoms in total. The first-order chi connectivity index (χ1) is 9.34. The van der Waals surface area contributed by atoms with Gasteiger partial charge in [0.2, 0.25) is 0 Å². The highest BCUT2D eigenvalue weighted by atomic mass is 16.3. The van der Waals surface area contributed by atoms with E-state index in [1.807, 2.05) is 78.9 Å². The summed E-state index contributed by atoms with van der Waals surface area (Å²) >= 11 is 0.